The Morgan fingerprint density at radius 3 is 2.46 bits per heavy atom. The van der Waals surface area contributed by atoms with Crippen LogP contribution in [0.25, 0.3) is 0 Å². The minimum absolute atomic E-state index is 0.00935. The summed E-state index contributed by atoms with van der Waals surface area (Å²) in [5.41, 5.74) is 2.24. The zero-order valence-corrected chi connectivity index (χ0v) is 20.9. The van der Waals surface area contributed by atoms with Crippen LogP contribution in [0.1, 0.15) is 42.5 Å². The van der Waals surface area contributed by atoms with E-state index in [0.717, 1.165) is 90.1 Å². The number of piperazine rings is 1. The molecule has 1 aromatic rings. The minimum atomic E-state index is -0.227. The topological polar surface area (TPSA) is 79.4 Å². The summed E-state index contributed by atoms with van der Waals surface area (Å²) in [5, 5.41) is 3.02. The highest BCUT2D eigenvalue weighted by atomic mass is 16.2. The van der Waals surface area contributed by atoms with Gasteiger partial charge in [-0.1, -0.05) is 0 Å². The third kappa shape index (κ3) is 5.16. The molecule has 3 amide bonds. The van der Waals surface area contributed by atoms with Crippen LogP contribution >= 0.6 is 0 Å². The first kappa shape index (κ1) is 24.1. The Morgan fingerprint density at radius 1 is 0.943 bits per heavy atom. The van der Waals surface area contributed by atoms with Crippen LogP contribution in [0.4, 0.5) is 11.4 Å². The Balaban J connectivity index is 1.30. The van der Waals surface area contributed by atoms with Crippen LogP contribution < -0.4 is 15.1 Å². The number of likely N-dealkylation sites (tertiary alicyclic amines) is 1. The van der Waals surface area contributed by atoms with Crippen molar-refractivity contribution in [3.63, 3.8) is 0 Å². The van der Waals surface area contributed by atoms with E-state index in [9.17, 15) is 14.4 Å². The van der Waals surface area contributed by atoms with Crippen LogP contribution in [-0.4, -0.2) is 111 Å². The SMILES string of the molecule is CN1CCN(CCNC(=O)CN2C(=O)C3CCCCN3c3ccc(C(=O)N4CCCC4)cc32)CC1. The van der Waals surface area contributed by atoms with Crippen LogP contribution in [0.2, 0.25) is 0 Å². The molecule has 3 fully saturated rings. The maximum Gasteiger partial charge on any atom is 0.253 e. The first-order valence-electron chi connectivity index (χ1n) is 13.2. The average Bonchev–Trinajstić information content (AvgIpc) is 3.42. The fraction of sp³-hybridized carbons (Fsp3) is 0.654. The first-order valence-corrected chi connectivity index (χ1v) is 13.2. The summed E-state index contributed by atoms with van der Waals surface area (Å²) in [5.74, 6) is -0.175. The maximum atomic E-state index is 13.5. The smallest absolute Gasteiger partial charge is 0.253 e. The molecule has 0 spiro atoms. The molecular weight excluding hydrogens is 444 g/mol. The largest absolute Gasteiger partial charge is 0.358 e. The van der Waals surface area contributed by atoms with Crippen molar-refractivity contribution in [1.82, 2.24) is 20.0 Å². The van der Waals surface area contributed by atoms with Crippen molar-refractivity contribution in [2.45, 2.75) is 38.1 Å². The second-order valence-electron chi connectivity index (χ2n) is 10.3. The van der Waals surface area contributed by atoms with Crippen molar-refractivity contribution >= 4 is 29.1 Å². The normalized spacial score (nSPS) is 23.3. The number of rotatable bonds is 6. The third-order valence-corrected chi connectivity index (χ3v) is 7.92. The molecule has 4 aliphatic heterocycles. The van der Waals surface area contributed by atoms with Crippen LogP contribution in [0.3, 0.4) is 0 Å². The molecule has 190 valence electrons. The number of nitrogens with one attached hydrogen (secondary N) is 1. The number of benzene rings is 1. The molecule has 1 N–H and O–H groups in total. The van der Waals surface area contributed by atoms with Gasteiger partial charge in [0.1, 0.15) is 12.6 Å². The van der Waals surface area contributed by atoms with Gasteiger partial charge in [-0.05, 0) is 57.4 Å². The van der Waals surface area contributed by atoms with Gasteiger partial charge in [-0.2, -0.15) is 0 Å². The molecule has 35 heavy (non-hydrogen) atoms. The van der Waals surface area contributed by atoms with Gasteiger partial charge in [0, 0.05) is 64.5 Å². The quantitative estimate of drug-likeness (QED) is 0.652. The van der Waals surface area contributed by atoms with Gasteiger partial charge in [0.15, 0.2) is 0 Å². The van der Waals surface area contributed by atoms with Crippen molar-refractivity contribution in [1.29, 1.82) is 0 Å². The highest BCUT2D eigenvalue weighted by molar-refractivity contribution is 6.09. The average molecular weight is 483 g/mol. The number of hydrogen-bond acceptors (Lipinski definition) is 6. The number of carbonyl (C=O) groups excluding carboxylic acids is 3. The molecular formula is C26H38N6O3. The van der Waals surface area contributed by atoms with Crippen molar-refractivity contribution < 1.29 is 14.4 Å². The highest BCUT2D eigenvalue weighted by Gasteiger charge is 2.40. The predicted octanol–water partition coefficient (Wildman–Crippen LogP) is 0.992. The number of amides is 3. The van der Waals surface area contributed by atoms with Gasteiger partial charge in [-0.25, -0.2) is 0 Å². The zero-order valence-electron chi connectivity index (χ0n) is 20.9. The van der Waals surface area contributed by atoms with Crippen LogP contribution in [0, 0.1) is 0 Å². The van der Waals surface area contributed by atoms with Gasteiger partial charge < -0.3 is 20.0 Å². The molecule has 0 bridgehead atoms. The Morgan fingerprint density at radius 2 is 1.69 bits per heavy atom. The number of hydrogen-bond donors (Lipinski definition) is 1. The summed E-state index contributed by atoms with van der Waals surface area (Å²) in [7, 11) is 2.13. The lowest BCUT2D eigenvalue weighted by molar-refractivity contribution is -0.125. The van der Waals surface area contributed by atoms with Crippen LogP contribution in [0.15, 0.2) is 18.2 Å². The van der Waals surface area contributed by atoms with Gasteiger partial charge >= 0.3 is 0 Å². The molecule has 1 aromatic carbocycles. The molecule has 0 saturated carbocycles. The lowest BCUT2D eigenvalue weighted by Gasteiger charge is -2.45. The van der Waals surface area contributed by atoms with Gasteiger partial charge in [-0.3, -0.25) is 24.2 Å². The van der Waals surface area contributed by atoms with E-state index in [4.69, 9.17) is 0 Å². The number of nitrogens with zero attached hydrogens (tertiary/aromatic N) is 5. The first-order chi connectivity index (χ1) is 17.0. The van der Waals surface area contributed by atoms with Crippen LogP contribution in [-0.2, 0) is 9.59 Å². The van der Waals surface area contributed by atoms with Gasteiger partial charge in [0.2, 0.25) is 11.8 Å². The predicted molar refractivity (Wildman–Crippen MR) is 136 cm³/mol. The van der Waals surface area contributed by atoms with Crippen molar-refractivity contribution in [3.05, 3.63) is 23.8 Å². The van der Waals surface area contributed by atoms with E-state index in [2.05, 4.69) is 27.1 Å². The zero-order chi connectivity index (χ0) is 24.4. The van der Waals surface area contributed by atoms with E-state index in [1.807, 2.05) is 23.1 Å². The lowest BCUT2D eigenvalue weighted by Crippen LogP contribution is -2.57. The number of piperidine rings is 1. The molecule has 9 nitrogen and oxygen atoms in total. The summed E-state index contributed by atoms with van der Waals surface area (Å²) in [4.78, 5) is 49.9. The second kappa shape index (κ2) is 10.5. The number of likely N-dealkylation sites (N-methyl/N-ethyl adjacent to an activating group) is 1. The van der Waals surface area contributed by atoms with Crippen molar-refractivity contribution in [2.75, 3.05) is 82.3 Å². The highest BCUT2D eigenvalue weighted by Crippen LogP contribution is 2.40. The summed E-state index contributed by atoms with van der Waals surface area (Å²) in [6, 6.07) is 5.46. The summed E-state index contributed by atoms with van der Waals surface area (Å²) < 4.78 is 0. The monoisotopic (exact) mass is 482 g/mol. The summed E-state index contributed by atoms with van der Waals surface area (Å²) in [6.45, 7) is 7.87. The molecule has 1 atom stereocenters. The number of anilines is 2. The fourth-order valence-corrected chi connectivity index (χ4v) is 5.78. The van der Waals surface area contributed by atoms with E-state index < -0.39 is 0 Å². The third-order valence-electron chi connectivity index (χ3n) is 7.92. The Labute approximate surface area is 208 Å². The molecule has 0 aromatic heterocycles. The van der Waals surface area contributed by atoms with E-state index in [1.165, 1.54) is 0 Å². The minimum Gasteiger partial charge on any atom is -0.358 e. The second-order valence-corrected chi connectivity index (χ2v) is 10.3. The molecule has 0 aliphatic carbocycles. The van der Waals surface area contributed by atoms with Gasteiger partial charge in [0.05, 0.1) is 11.4 Å². The van der Waals surface area contributed by atoms with E-state index in [-0.39, 0.29) is 30.3 Å². The summed E-state index contributed by atoms with van der Waals surface area (Å²) in [6.07, 6.45) is 4.92. The summed E-state index contributed by atoms with van der Waals surface area (Å²) >= 11 is 0. The van der Waals surface area contributed by atoms with Gasteiger partial charge in [0.25, 0.3) is 5.91 Å². The van der Waals surface area contributed by atoms with Crippen LogP contribution in [0.5, 0.6) is 0 Å². The van der Waals surface area contributed by atoms with Crippen molar-refractivity contribution in [3.8, 4) is 0 Å². The van der Waals surface area contributed by atoms with Gasteiger partial charge in [-0.15, -0.1) is 0 Å². The molecule has 4 aliphatic rings. The van der Waals surface area contributed by atoms with E-state index >= 15 is 0 Å². The molecule has 3 saturated heterocycles. The number of carbonyl (C=O) groups is 3. The molecule has 5 rings (SSSR count). The van der Waals surface area contributed by atoms with E-state index in [0.29, 0.717) is 17.8 Å². The standard InChI is InChI=1S/C26H38N6O3/c1-28-14-16-29(17-15-28)13-9-27-24(33)19-32-23-18-20(25(34)30-10-4-5-11-30)7-8-21(23)31-12-3-2-6-22(31)26(32)35/h7-8,18,22H,2-6,9-17,19H2,1H3,(H,27,33). The Bertz CT molecular complexity index is 954. The Hall–Kier alpha value is -2.65. The molecule has 0 radical (unpaired) electrons. The molecule has 1 unspecified atom stereocenters. The molecule has 4 heterocycles. The fourth-order valence-electron chi connectivity index (χ4n) is 5.78. The van der Waals surface area contributed by atoms with E-state index in [1.54, 1.807) is 4.90 Å². The lowest BCUT2D eigenvalue weighted by atomic mass is 9.95. The number of fused-ring (bicyclic) bond motifs is 3. The molecule has 9 heteroatoms. The maximum absolute atomic E-state index is 13.5. The Kier molecular flexibility index (Phi) is 7.24. The van der Waals surface area contributed by atoms with Crippen molar-refractivity contribution in [2.24, 2.45) is 0 Å².